The Hall–Kier alpha value is -2.66. The van der Waals surface area contributed by atoms with E-state index < -0.39 is 36.6 Å². The number of hydrogen-bond acceptors (Lipinski definition) is 5. The first kappa shape index (κ1) is 23.6. The number of nitrogens with two attached hydrogens (primary N) is 1. The van der Waals surface area contributed by atoms with E-state index in [0.717, 1.165) is 11.0 Å². The predicted molar refractivity (Wildman–Crippen MR) is 104 cm³/mol. The highest BCUT2D eigenvalue weighted by molar-refractivity contribution is 6.09. The van der Waals surface area contributed by atoms with Crippen LogP contribution in [0.5, 0.6) is 0 Å². The maximum absolute atomic E-state index is 14.5. The number of carbonyl (C=O) groups is 3. The van der Waals surface area contributed by atoms with Crippen molar-refractivity contribution in [3.63, 3.8) is 0 Å². The monoisotopic (exact) mass is 430 g/mol. The molecule has 3 amide bonds. The summed E-state index contributed by atoms with van der Waals surface area (Å²) in [6.45, 7) is 3.11. The van der Waals surface area contributed by atoms with E-state index in [-0.39, 0.29) is 42.9 Å². The third-order valence-electron chi connectivity index (χ3n) is 4.36. The summed E-state index contributed by atoms with van der Waals surface area (Å²) in [6.07, 6.45) is -2.79. The minimum Gasteiger partial charge on any atom is -0.370 e. The Balaban J connectivity index is 2.20. The van der Waals surface area contributed by atoms with E-state index in [0.29, 0.717) is 6.61 Å². The number of amides is 3. The number of nitrogens with zero attached hydrogens (tertiary/aromatic N) is 2. The third kappa shape index (κ3) is 6.17. The summed E-state index contributed by atoms with van der Waals surface area (Å²) >= 11 is 0. The van der Waals surface area contributed by atoms with Crippen LogP contribution in [0.2, 0.25) is 0 Å². The Morgan fingerprint density at radius 2 is 2.00 bits per heavy atom. The molecule has 2 rings (SSSR count). The van der Waals surface area contributed by atoms with Gasteiger partial charge in [-0.15, -0.1) is 0 Å². The highest BCUT2D eigenvalue weighted by Gasteiger charge is 2.34. The third-order valence-corrected chi connectivity index (χ3v) is 4.36. The first-order valence-electron chi connectivity index (χ1n) is 9.40. The molecule has 0 aliphatic carbocycles. The molecule has 1 atom stereocenters. The lowest BCUT2D eigenvalue weighted by Crippen LogP contribution is -2.54. The minimum atomic E-state index is -2.79. The van der Waals surface area contributed by atoms with Crippen molar-refractivity contribution in [3.05, 3.63) is 24.0 Å². The fraction of sp³-hybridized carbons (Fsp3) is 0.526. The maximum atomic E-state index is 14.5. The zero-order chi connectivity index (χ0) is 22.4. The van der Waals surface area contributed by atoms with Gasteiger partial charge in [0.2, 0.25) is 5.91 Å². The summed E-state index contributed by atoms with van der Waals surface area (Å²) in [5, 5.41) is 2.23. The average molecular weight is 430 g/mol. The lowest BCUT2D eigenvalue weighted by Gasteiger charge is -2.30. The van der Waals surface area contributed by atoms with Crippen molar-refractivity contribution in [2.45, 2.75) is 26.3 Å². The van der Waals surface area contributed by atoms with E-state index >= 15 is 0 Å². The van der Waals surface area contributed by atoms with Gasteiger partial charge in [-0.25, -0.2) is 13.2 Å². The van der Waals surface area contributed by atoms with Crippen LogP contribution in [0.3, 0.4) is 0 Å². The van der Waals surface area contributed by atoms with E-state index in [9.17, 15) is 27.6 Å². The molecule has 1 aliphatic rings. The van der Waals surface area contributed by atoms with E-state index in [2.05, 4.69) is 5.32 Å². The molecule has 0 unspecified atom stereocenters. The van der Waals surface area contributed by atoms with Crippen LogP contribution in [0.1, 0.15) is 13.8 Å². The fourth-order valence-corrected chi connectivity index (χ4v) is 3.17. The van der Waals surface area contributed by atoms with Gasteiger partial charge >= 0.3 is 0 Å². The number of rotatable bonds is 9. The quantitative estimate of drug-likeness (QED) is 0.573. The van der Waals surface area contributed by atoms with Gasteiger partial charge < -0.3 is 20.7 Å². The van der Waals surface area contributed by atoms with Crippen LogP contribution in [-0.2, 0) is 19.1 Å². The van der Waals surface area contributed by atoms with Crippen molar-refractivity contribution in [1.29, 1.82) is 0 Å². The summed E-state index contributed by atoms with van der Waals surface area (Å²) in [7, 11) is 0. The summed E-state index contributed by atoms with van der Waals surface area (Å²) < 4.78 is 45.4. The molecule has 1 heterocycles. The number of alkyl halides is 2. The second-order valence-electron chi connectivity index (χ2n) is 7.30. The molecule has 1 fully saturated rings. The van der Waals surface area contributed by atoms with E-state index in [4.69, 9.17) is 10.5 Å². The highest BCUT2D eigenvalue weighted by atomic mass is 19.3. The molecule has 1 aliphatic heterocycles. The van der Waals surface area contributed by atoms with Crippen LogP contribution in [0.15, 0.2) is 18.2 Å². The zero-order valence-corrected chi connectivity index (χ0v) is 16.7. The van der Waals surface area contributed by atoms with Gasteiger partial charge in [-0.2, -0.15) is 0 Å². The molecule has 8 nitrogen and oxygen atoms in total. The van der Waals surface area contributed by atoms with Crippen molar-refractivity contribution in [1.82, 2.24) is 4.90 Å². The van der Waals surface area contributed by atoms with Crippen LogP contribution in [0, 0.1) is 11.7 Å². The van der Waals surface area contributed by atoms with Gasteiger partial charge in [-0.3, -0.25) is 19.3 Å². The smallest absolute Gasteiger partial charge is 0.253 e. The molecule has 30 heavy (non-hydrogen) atoms. The van der Waals surface area contributed by atoms with Crippen LogP contribution >= 0.6 is 0 Å². The first-order chi connectivity index (χ1) is 14.1. The Labute approximate surface area is 172 Å². The lowest BCUT2D eigenvalue weighted by atomic mass is 10.1. The lowest BCUT2D eigenvalue weighted by molar-refractivity contribution is -0.133. The summed E-state index contributed by atoms with van der Waals surface area (Å²) in [6, 6.07) is 2.01. The molecule has 0 bridgehead atoms. The molecule has 0 radical (unpaired) electrons. The fourth-order valence-electron chi connectivity index (χ4n) is 3.17. The Morgan fingerprint density at radius 3 is 2.53 bits per heavy atom. The molecule has 1 saturated heterocycles. The van der Waals surface area contributed by atoms with Crippen molar-refractivity contribution in [3.8, 4) is 0 Å². The molecule has 0 spiro atoms. The molecule has 11 heteroatoms. The normalized spacial score (nSPS) is 15.7. The number of primary amides is 1. The highest BCUT2D eigenvalue weighted by Crippen LogP contribution is 2.24. The Morgan fingerprint density at radius 1 is 1.30 bits per heavy atom. The molecule has 3 N–H and O–H groups in total. The van der Waals surface area contributed by atoms with Crippen molar-refractivity contribution in [2.75, 3.05) is 43.1 Å². The molecule has 0 saturated carbocycles. The van der Waals surface area contributed by atoms with Crippen LogP contribution in [-0.4, -0.2) is 67.9 Å². The largest absolute Gasteiger partial charge is 0.370 e. The van der Waals surface area contributed by atoms with Gasteiger partial charge in [0.15, 0.2) is 6.04 Å². The molecule has 1 aromatic rings. The van der Waals surface area contributed by atoms with Crippen molar-refractivity contribution in [2.24, 2.45) is 11.7 Å². The molecular weight excluding hydrogens is 405 g/mol. The topological polar surface area (TPSA) is 105 Å². The zero-order valence-electron chi connectivity index (χ0n) is 16.7. The van der Waals surface area contributed by atoms with E-state index in [1.54, 1.807) is 13.8 Å². The molecule has 0 aromatic heterocycles. The number of ether oxygens (including phenoxy) is 1. The first-order valence-corrected chi connectivity index (χ1v) is 9.40. The number of halogens is 3. The van der Waals surface area contributed by atoms with Gasteiger partial charge in [-0.1, -0.05) is 13.8 Å². The number of nitrogens with one attached hydrogen (secondary N) is 1. The second-order valence-corrected chi connectivity index (χ2v) is 7.30. The van der Waals surface area contributed by atoms with Gasteiger partial charge in [0.1, 0.15) is 12.4 Å². The van der Waals surface area contributed by atoms with Gasteiger partial charge in [0.05, 0.1) is 18.8 Å². The van der Waals surface area contributed by atoms with Crippen LogP contribution in [0.25, 0.3) is 0 Å². The van der Waals surface area contributed by atoms with E-state index in [1.165, 1.54) is 17.0 Å². The Kier molecular flexibility index (Phi) is 8.18. The number of anilines is 2. The summed E-state index contributed by atoms with van der Waals surface area (Å²) in [4.78, 5) is 38.6. The van der Waals surface area contributed by atoms with Crippen LogP contribution < -0.4 is 16.0 Å². The standard InChI is InChI=1S/C19H25F3N4O4/c1-11(2)8-25(9-15(21)22)17(18(23)28)19(29)24-14-4-3-12(7-13(14)20)26-5-6-30-10-16(26)27/h3-4,7,11,15,17H,5-6,8-10H2,1-2H3,(H2,23,28)(H,24,29)/t17-/m1/s1. The van der Waals surface area contributed by atoms with Gasteiger partial charge in [0, 0.05) is 18.8 Å². The molecule has 1 aromatic carbocycles. The SMILES string of the molecule is CC(C)CN(CC(F)F)[C@H](C(N)=O)C(=O)Nc1ccc(N2CCOCC2=O)cc1F. The van der Waals surface area contributed by atoms with E-state index in [1.807, 2.05) is 0 Å². The number of carbonyl (C=O) groups excluding carboxylic acids is 3. The van der Waals surface area contributed by atoms with Crippen molar-refractivity contribution >= 4 is 29.1 Å². The van der Waals surface area contributed by atoms with Gasteiger partial charge in [-0.05, 0) is 24.1 Å². The second kappa shape index (κ2) is 10.4. The van der Waals surface area contributed by atoms with Crippen molar-refractivity contribution < 1.29 is 32.3 Å². The number of benzene rings is 1. The average Bonchev–Trinajstić information content (AvgIpc) is 2.62. The maximum Gasteiger partial charge on any atom is 0.253 e. The molecule has 166 valence electrons. The van der Waals surface area contributed by atoms with Gasteiger partial charge in [0.25, 0.3) is 18.2 Å². The summed E-state index contributed by atoms with van der Waals surface area (Å²) in [5.74, 6) is -3.45. The predicted octanol–water partition coefficient (Wildman–Crippen LogP) is 1.20. The Bertz CT molecular complexity index is 781. The van der Waals surface area contributed by atoms with Crippen LogP contribution in [0.4, 0.5) is 24.5 Å². The molecular formula is C19H25F3N4O4. The summed E-state index contributed by atoms with van der Waals surface area (Å²) in [5.41, 5.74) is 5.30. The number of morpholine rings is 1. The minimum absolute atomic E-state index is 0.0198. The number of hydrogen-bond donors (Lipinski definition) is 2.